The Morgan fingerprint density at radius 2 is 2.00 bits per heavy atom. The standard InChI is InChI=1S/C10H24N2O/c1-10(2,3)8-12-7-9(11)5-6-13-4/h9,12H,5-8,11H2,1-4H3. The molecule has 0 aromatic rings. The largest absolute Gasteiger partial charge is 0.385 e. The predicted molar refractivity (Wildman–Crippen MR) is 56.8 cm³/mol. The van der Waals surface area contributed by atoms with Gasteiger partial charge >= 0.3 is 0 Å². The van der Waals surface area contributed by atoms with Crippen LogP contribution in [0.1, 0.15) is 27.2 Å². The zero-order chi connectivity index (χ0) is 10.3. The lowest BCUT2D eigenvalue weighted by molar-refractivity contribution is 0.187. The van der Waals surface area contributed by atoms with Crippen molar-refractivity contribution in [1.82, 2.24) is 5.32 Å². The first-order valence-corrected chi connectivity index (χ1v) is 4.91. The molecule has 0 aromatic carbocycles. The van der Waals surface area contributed by atoms with Gasteiger partial charge in [-0.15, -0.1) is 0 Å². The zero-order valence-electron chi connectivity index (χ0n) is 9.39. The summed E-state index contributed by atoms with van der Waals surface area (Å²) in [6, 6.07) is 0.210. The van der Waals surface area contributed by atoms with Crippen LogP contribution in [-0.2, 0) is 4.74 Å². The summed E-state index contributed by atoms with van der Waals surface area (Å²) in [6.45, 7) is 9.26. The Bertz CT molecular complexity index is 121. The zero-order valence-corrected chi connectivity index (χ0v) is 9.39. The van der Waals surface area contributed by atoms with Crippen molar-refractivity contribution < 1.29 is 4.74 Å². The van der Waals surface area contributed by atoms with Crippen molar-refractivity contribution in [2.75, 3.05) is 26.8 Å². The quantitative estimate of drug-likeness (QED) is 0.653. The summed E-state index contributed by atoms with van der Waals surface area (Å²) in [7, 11) is 1.70. The van der Waals surface area contributed by atoms with Crippen LogP contribution < -0.4 is 11.1 Å². The molecule has 0 aliphatic rings. The molecule has 0 aliphatic carbocycles. The molecule has 3 heteroatoms. The Balaban J connectivity index is 3.31. The van der Waals surface area contributed by atoms with Crippen LogP contribution in [-0.4, -0.2) is 32.8 Å². The molecule has 0 saturated heterocycles. The van der Waals surface area contributed by atoms with Crippen LogP contribution in [0, 0.1) is 5.41 Å². The van der Waals surface area contributed by atoms with E-state index in [1.54, 1.807) is 7.11 Å². The molecule has 0 fully saturated rings. The van der Waals surface area contributed by atoms with E-state index >= 15 is 0 Å². The summed E-state index contributed by atoms with van der Waals surface area (Å²) in [6.07, 6.45) is 0.924. The number of hydrogen-bond acceptors (Lipinski definition) is 3. The Kier molecular flexibility index (Phi) is 6.29. The molecule has 0 heterocycles. The SMILES string of the molecule is COCCC(N)CNCC(C)(C)C. The minimum Gasteiger partial charge on any atom is -0.385 e. The van der Waals surface area contributed by atoms with Gasteiger partial charge in [-0.1, -0.05) is 20.8 Å². The molecule has 0 saturated carbocycles. The molecule has 3 nitrogen and oxygen atoms in total. The second-order valence-corrected chi connectivity index (χ2v) is 4.73. The van der Waals surface area contributed by atoms with Gasteiger partial charge in [0, 0.05) is 32.8 Å². The first-order chi connectivity index (χ1) is 5.95. The molecule has 0 aromatic heterocycles. The van der Waals surface area contributed by atoms with Gasteiger partial charge in [0.25, 0.3) is 0 Å². The smallest absolute Gasteiger partial charge is 0.0477 e. The van der Waals surface area contributed by atoms with Gasteiger partial charge in [-0.25, -0.2) is 0 Å². The Morgan fingerprint density at radius 3 is 2.46 bits per heavy atom. The summed E-state index contributed by atoms with van der Waals surface area (Å²) in [5.74, 6) is 0. The molecule has 80 valence electrons. The lowest BCUT2D eigenvalue weighted by Gasteiger charge is -2.20. The molecule has 0 bridgehead atoms. The van der Waals surface area contributed by atoms with E-state index in [2.05, 4.69) is 26.1 Å². The van der Waals surface area contributed by atoms with Crippen molar-refractivity contribution in [1.29, 1.82) is 0 Å². The highest BCUT2D eigenvalue weighted by molar-refractivity contribution is 4.69. The van der Waals surface area contributed by atoms with E-state index in [0.717, 1.165) is 26.1 Å². The van der Waals surface area contributed by atoms with Crippen molar-refractivity contribution >= 4 is 0 Å². The van der Waals surface area contributed by atoms with Crippen molar-refractivity contribution in [2.45, 2.75) is 33.2 Å². The van der Waals surface area contributed by atoms with Crippen molar-refractivity contribution in [2.24, 2.45) is 11.1 Å². The van der Waals surface area contributed by atoms with Gasteiger partial charge in [-0.05, 0) is 11.8 Å². The monoisotopic (exact) mass is 188 g/mol. The van der Waals surface area contributed by atoms with E-state index in [1.807, 2.05) is 0 Å². The van der Waals surface area contributed by atoms with E-state index in [-0.39, 0.29) is 6.04 Å². The number of methoxy groups -OCH3 is 1. The average Bonchev–Trinajstić information content (AvgIpc) is 1.98. The number of ether oxygens (including phenoxy) is 1. The van der Waals surface area contributed by atoms with E-state index in [1.165, 1.54) is 0 Å². The van der Waals surface area contributed by atoms with Gasteiger partial charge in [-0.3, -0.25) is 0 Å². The Morgan fingerprint density at radius 1 is 1.38 bits per heavy atom. The molecular formula is C10H24N2O. The summed E-state index contributed by atoms with van der Waals surface area (Å²) in [5, 5.41) is 3.35. The van der Waals surface area contributed by atoms with Crippen molar-refractivity contribution in [3.05, 3.63) is 0 Å². The maximum Gasteiger partial charge on any atom is 0.0477 e. The molecule has 0 amide bonds. The average molecular weight is 188 g/mol. The van der Waals surface area contributed by atoms with Gasteiger partial charge < -0.3 is 15.8 Å². The van der Waals surface area contributed by atoms with Gasteiger partial charge in [-0.2, -0.15) is 0 Å². The van der Waals surface area contributed by atoms with Crippen LogP contribution >= 0.6 is 0 Å². The molecule has 3 N–H and O–H groups in total. The molecule has 13 heavy (non-hydrogen) atoms. The van der Waals surface area contributed by atoms with Gasteiger partial charge in [0.15, 0.2) is 0 Å². The highest BCUT2D eigenvalue weighted by Gasteiger charge is 2.09. The molecule has 1 unspecified atom stereocenters. The topological polar surface area (TPSA) is 47.3 Å². The van der Waals surface area contributed by atoms with Crippen LogP contribution in [0.4, 0.5) is 0 Å². The van der Waals surface area contributed by atoms with Crippen LogP contribution in [0.15, 0.2) is 0 Å². The third-order valence-corrected chi connectivity index (χ3v) is 1.75. The molecule has 0 radical (unpaired) electrons. The van der Waals surface area contributed by atoms with Crippen LogP contribution in [0.3, 0.4) is 0 Å². The van der Waals surface area contributed by atoms with Crippen LogP contribution in [0.2, 0.25) is 0 Å². The minimum atomic E-state index is 0.210. The second-order valence-electron chi connectivity index (χ2n) is 4.73. The summed E-state index contributed by atoms with van der Waals surface area (Å²) >= 11 is 0. The Hall–Kier alpha value is -0.120. The third-order valence-electron chi connectivity index (χ3n) is 1.75. The Labute approximate surface area is 82.0 Å². The van der Waals surface area contributed by atoms with E-state index in [9.17, 15) is 0 Å². The van der Waals surface area contributed by atoms with Crippen LogP contribution in [0.25, 0.3) is 0 Å². The van der Waals surface area contributed by atoms with Gasteiger partial charge in [0.2, 0.25) is 0 Å². The summed E-state index contributed by atoms with van der Waals surface area (Å²) < 4.78 is 4.95. The fourth-order valence-electron chi connectivity index (χ4n) is 1.00. The fraction of sp³-hybridized carbons (Fsp3) is 1.00. The number of nitrogens with one attached hydrogen (secondary N) is 1. The lowest BCUT2D eigenvalue weighted by atomic mass is 9.97. The van der Waals surface area contributed by atoms with Crippen molar-refractivity contribution in [3.63, 3.8) is 0 Å². The first-order valence-electron chi connectivity index (χ1n) is 4.91. The first kappa shape index (κ1) is 12.9. The third kappa shape index (κ3) is 9.80. The fourth-order valence-corrected chi connectivity index (χ4v) is 1.00. The molecular weight excluding hydrogens is 164 g/mol. The number of rotatable bonds is 6. The van der Waals surface area contributed by atoms with Gasteiger partial charge in [0.05, 0.1) is 0 Å². The number of hydrogen-bond donors (Lipinski definition) is 2. The minimum absolute atomic E-state index is 0.210. The molecule has 0 aliphatic heterocycles. The van der Waals surface area contributed by atoms with E-state index in [0.29, 0.717) is 5.41 Å². The normalized spacial score (nSPS) is 14.5. The van der Waals surface area contributed by atoms with Gasteiger partial charge in [0.1, 0.15) is 0 Å². The van der Waals surface area contributed by atoms with E-state index < -0.39 is 0 Å². The summed E-state index contributed by atoms with van der Waals surface area (Å²) in [4.78, 5) is 0. The molecule has 0 spiro atoms. The van der Waals surface area contributed by atoms with E-state index in [4.69, 9.17) is 10.5 Å². The maximum atomic E-state index is 5.85. The second kappa shape index (κ2) is 6.35. The van der Waals surface area contributed by atoms with Crippen molar-refractivity contribution in [3.8, 4) is 0 Å². The predicted octanol–water partition coefficient (Wildman–Crippen LogP) is 0.986. The highest BCUT2D eigenvalue weighted by Crippen LogP contribution is 2.09. The lowest BCUT2D eigenvalue weighted by Crippen LogP contribution is -2.38. The number of nitrogens with two attached hydrogens (primary N) is 1. The highest BCUT2D eigenvalue weighted by atomic mass is 16.5. The van der Waals surface area contributed by atoms with Crippen LogP contribution in [0.5, 0.6) is 0 Å². The maximum absolute atomic E-state index is 5.85. The summed E-state index contributed by atoms with van der Waals surface area (Å²) in [5.41, 5.74) is 6.18. The molecule has 0 rings (SSSR count). The molecule has 1 atom stereocenters.